The predicted molar refractivity (Wildman–Crippen MR) is 81.6 cm³/mol. The zero-order valence-electron chi connectivity index (χ0n) is 11.7. The normalized spacial score (nSPS) is 16.7. The van der Waals surface area contributed by atoms with E-state index in [2.05, 4.69) is 9.98 Å². The number of aromatic nitrogens is 1. The van der Waals surface area contributed by atoms with E-state index in [0.29, 0.717) is 10.9 Å². The molecule has 0 saturated heterocycles. The van der Waals surface area contributed by atoms with Crippen LogP contribution in [0.2, 0.25) is 5.02 Å². The van der Waals surface area contributed by atoms with Crippen molar-refractivity contribution in [1.29, 1.82) is 0 Å². The van der Waals surface area contributed by atoms with Crippen molar-refractivity contribution in [1.82, 2.24) is 4.98 Å². The van der Waals surface area contributed by atoms with Gasteiger partial charge in [0.1, 0.15) is 0 Å². The lowest BCUT2D eigenvalue weighted by Gasteiger charge is -2.24. The van der Waals surface area contributed by atoms with Gasteiger partial charge in [-0.05, 0) is 30.5 Å². The van der Waals surface area contributed by atoms with Crippen molar-refractivity contribution >= 4 is 28.6 Å². The van der Waals surface area contributed by atoms with Gasteiger partial charge in [0.2, 0.25) is 12.0 Å². The second kappa shape index (κ2) is 5.47. The van der Waals surface area contributed by atoms with Crippen molar-refractivity contribution in [3.63, 3.8) is 0 Å². The van der Waals surface area contributed by atoms with Crippen molar-refractivity contribution in [2.24, 2.45) is 4.99 Å². The van der Waals surface area contributed by atoms with Crippen LogP contribution in [0.3, 0.4) is 0 Å². The Hall–Kier alpha value is -1.90. The molecule has 1 aliphatic rings. The number of isocyanates is 1. The first kappa shape index (κ1) is 14.1. The fourth-order valence-corrected chi connectivity index (χ4v) is 3.51. The lowest BCUT2D eigenvalue weighted by atomic mass is 9.88. The molecule has 1 aliphatic carbocycles. The van der Waals surface area contributed by atoms with Crippen LogP contribution in [0.5, 0.6) is 5.88 Å². The second-order valence-corrected chi connectivity index (χ2v) is 5.67. The molecule has 2 aromatic rings. The van der Waals surface area contributed by atoms with Gasteiger partial charge in [0, 0.05) is 11.5 Å². The molecule has 0 atom stereocenters. The zero-order valence-corrected chi connectivity index (χ0v) is 12.5. The van der Waals surface area contributed by atoms with E-state index in [1.807, 2.05) is 18.2 Å². The number of ether oxygens (including phenoxy) is 1. The molecule has 21 heavy (non-hydrogen) atoms. The molecule has 0 amide bonds. The number of fused-ring (bicyclic) bond motifs is 1. The Balaban J connectivity index is 2.20. The summed E-state index contributed by atoms with van der Waals surface area (Å²) in [6.07, 6.45) is 5.47. The molecule has 5 heteroatoms. The number of hydrogen-bond acceptors (Lipinski definition) is 4. The van der Waals surface area contributed by atoms with Gasteiger partial charge in [-0.3, -0.25) is 0 Å². The van der Waals surface area contributed by atoms with E-state index < -0.39 is 5.54 Å². The minimum Gasteiger partial charge on any atom is -0.481 e. The number of aliphatic imine (C=N–C) groups is 1. The van der Waals surface area contributed by atoms with Gasteiger partial charge in [-0.15, -0.1) is 0 Å². The molecule has 0 bridgehead atoms. The maximum absolute atomic E-state index is 10.8. The number of nitrogens with zero attached hydrogens (tertiary/aromatic N) is 2. The average molecular weight is 303 g/mol. The molecule has 1 aromatic heterocycles. The van der Waals surface area contributed by atoms with Gasteiger partial charge in [0.05, 0.1) is 23.2 Å². The molecule has 1 fully saturated rings. The lowest BCUT2D eigenvalue weighted by Crippen LogP contribution is -2.19. The summed E-state index contributed by atoms with van der Waals surface area (Å²) in [5.41, 5.74) is 1.14. The number of carbonyl (C=O) groups excluding carboxylic acids is 1. The molecular formula is C16H15ClN2O2. The van der Waals surface area contributed by atoms with Crippen LogP contribution < -0.4 is 4.74 Å². The summed E-state index contributed by atoms with van der Waals surface area (Å²) in [6, 6.07) is 7.49. The number of methoxy groups -OCH3 is 1. The van der Waals surface area contributed by atoms with E-state index in [-0.39, 0.29) is 0 Å². The minimum absolute atomic E-state index is 0.521. The van der Waals surface area contributed by atoms with Crippen LogP contribution in [-0.2, 0) is 10.3 Å². The van der Waals surface area contributed by atoms with E-state index >= 15 is 0 Å². The maximum atomic E-state index is 10.8. The maximum Gasteiger partial charge on any atom is 0.235 e. The molecule has 1 saturated carbocycles. The zero-order chi connectivity index (χ0) is 14.9. The van der Waals surface area contributed by atoms with Crippen LogP contribution in [0, 0.1) is 0 Å². The Morgan fingerprint density at radius 2 is 2.05 bits per heavy atom. The highest BCUT2D eigenvalue weighted by atomic mass is 35.5. The minimum atomic E-state index is -0.521. The molecule has 0 aliphatic heterocycles. The van der Waals surface area contributed by atoms with E-state index in [4.69, 9.17) is 16.3 Å². The molecule has 1 aromatic carbocycles. The van der Waals surface area contributed by atoms with Crippen LogP contribution >= 0.6 is 11.6 Å². The van der Waals surface area contributed by atoms with Gasteiger partial charge in [-0.25, -0.2) is 9.78 Å². The van der Waals surface area contributed by atoms with E-state index in [9.17, 15) is 4.79 Å². The summed E-state index contributed by atoms with van der Waals surface area (Å²) in [6.45, 7) is 0. The van der Waals surface area contributed by atoms with Crippen molar-refractivity contribution < 1.29 is 9.53 Å². The van der Waals surface area contributed by atoms with Gasteiger partial charge in [-0.2, -0.15) is 4.99 Å². The summed E-state index contributed by atoms with van der Waals surface area (Å²) in [4.78, 5) is 19.3. The molecule has 1 heterocycles. The third-order valence-electron chi connectivity index (χ3n) is 4.18. The molecule has 0 radical (unpaired) electrons. The average Bonchev–Trinajstić information content (AvgIpc) is 2.97. The summed E-state index contributed by atoms with van der Waals surface area (Å²) in [7, 11) is 1.58. The van der Waals surface area contributed by atoms with Crippen molar-refractivity contribution in [2.45, 2.75) is 31.2 Å². The number of halogens is 1. The highest BCUT2D eigenvalue weighted by Gasteiger charge is 2.37. The van der Waals surface area contributed by atoms with Crippen LogP contribution in [-0.4, -0.2) is 18.2 Å². The van der Waals surface area contributed by atoms with Gasteiger partial charge in [0.15, 0.2) is 0 Å². The van der Waals surface area contributed by atoms with Gasteiger partial charge in [0.25, 0.3) is 0 Å². The second-order valence-electron chi connectivity index (χ2n) is 5.29. The van der Waals surface area contributed by atoms with Crippen LogP contribution in [0.1, 0.15) is 31.2 Å². The van der Waals surface area contributed by atoms with E-state index in [1.165, 1.54) is 0 Å². The predicted octanol–water partition coefficient (Wildman–Crippen LogP) is 4.00. The number of hydrogen-bond donors (Lipinski definition) is 0. The fourth-order valence-electron chi connectivity index (χ4n) is 3.11. The van der Waals surface area contributed by atoms with Gasteiger partial charge in [-0.1, -0.05) is 30.5 Å². The van der Waals surface area contributed by atoms with Crippen LogP contribution in [0.25, 0.3) is 10.9 Å². The number of pyridine rings is 1. The van der Waals surface area contributed by atoms with E-state index in [1.54, 1.807) is 19.3 Å². The Morgan fingerprint density at radius 1 is 1.29 bits per heavy atom. The van der Waals surface area contributed by atoms with Crippen LogP contribution in [0.4, 0.5) is 0 Å². The first-order chi connectivity index (χ1) is 10.2. The highest BCUT2D eigenvalue weighted by molar-refractivity contribution is 6.36. The molecule has 0 unspecified atom stereocenters. The monoisotopic (exact) mass is 302 g/mol. The number of rotatable bonds is 3. The molecule has 108 valence electrons. The topological polar surface area (TPSA) is 51.5 Å². The fraction of sp³-hybridized carbons (Fsp3) is 0.375. The standard InChI is InChI=1S/C16H15ClN2O2/c1-21-14-7-4-11-13(19-14)6-5-12(15(11)17)16(18-10-20)8-2-3-9-16/h4-7H,2-3,8-9H2,1H3. The van der Waals surface area contributed by atoms with Crippen molar-refractivity contribution in [2.75, 3.05) is 7.11 Å². The van der Waals surface area contributed by atoms with Crippen LogP contribution in [0.15, 0.2) is 29.3 Å². The van der Waals surface area contributed by atoms with Crippen molar-refractivity contribution in [3.8, 4) is 5.88 Å². The molecule has 0 N–H and O–H groups in total. The molecule has 4 nitrogen and oxygen atoms in total. The summed E-state index contributed by atoms with van der Waals surface area (Å²) in [5, 5.41) is 1.46. The number of benzene rings is 1. The highest BCUT2D eigenvalue weighted by Crippen LogP contribution is 2.46. The Labute approximate surface area is 127 Å². The molecule has 0 spiro atoms. The van der Waals surface area contributed by atoms with Crippen molar-refractivity contribution in [3.05, 3.63) is 34.9 Å². The third-order valence-corrected chi connectivity index (χ3v) is 4.59. The largest absolute Gasteiger partial charge is 0.481 e. The quantitative estimate of drug-likeness (QED) is 0.636. The first-order valence-corrected chi connectivity index (χ1v) is 7.31. The van der Waals surface area contributed by atoms with Gasteiger partial charge < -0.3 is 4.74 Å². The summed E-state index contributed by atoms with van der Waals surface area (Å²) >= 11 is 6.57. The van der Waals surface area contributed by atoms with E-state index in [0.717, 1.165) is 42.1 Å². The molecule has 3 rings (SSSR count). The van der Waals surface area contributed by atoms with Gasteiger partial charge >= 0.3 is 0 Å². The lowest BCUT2D eigenvalue weighted by molar-refractivity contribution is 0.399. The Kier molecular flexibility index (Phi) is 3.66. The summed E-state index contributed by atoms with van der Waals surface area (Å²) in [5.74, 6) is 0.549. The Bertz CT molecular complexity index is 732. The molecular weight excluding hydrogens is 288 g/mol. The Morgan fingerprint density at radius 3 is 2.71 bits per heavy atom. The SMILES string of the molecule is COc1ccc2c(Cl)c(C3(N=C=O)CCCC3)ccc2n1. The summed E-state index contributed by atoms with van der Waals surface area (Å²) < 4.78 is 5.13. The smallest absolute Gasteiger partial charge is 0.235 e. The first-order valence-electron chi connectivity index (χ1n) is 6.93. The third kappa shape index (κ3) is 2.31.